The molecule has 0 aliphatic carbocycles. The summed E-state index contributed by atoms with van der Waals surface area (Å²) < 4.78 is 38.0. The first-order chi connectivity index (χ1) is 14.9. The first-order valence-corrected chi connectivity index (χ1v) is 11.9. The molecule has 0 unspecified atom stereocenters. The molecule has 8 nitrogen and oxygen atoms in total. The fraction of sp³-hybridized carbons (Fsp3) is 0.238. The van der Waals surface area contributed by atoms with Crippen molar-refractivity contribution < 1.29 is 22.7 Å². The summed E-state index contributed by atoms with van der Waals surface area (Å²) in [5, 5.41) is 3.25. The van der Waals surface area contributed by atoms with E-state index in [0.29, 0.717) is 35.2 Å². The molecular formula is C21H19N3O5S2. The highest BCUT2D eigenvalue weighted by atomic mass is 32.2. The Hall–Kier alpha value is -2.95. The average molecular weight is 458 g/mol. The molecule has 0 saturated heterocycles. The lowest BCUT2D eigenvalue weighted by molar-refractivity contribution is 0.102. The van der Waals surface area contributed by atoms with E-state index in [9.17, 15) is 13.2 Å². The number of nitrogens with zero attached hydrogens (tertiary/aromatic N) is 2. The molecule has 2 aliphatic heterocycles. The maximum Gasteiger partial charge on any atom is 0.257 e. The predicted molar refractivity (Wildman–Crippen MR) is 115 cm³/mol. The monoisotopic (exact) mass is 457 g/mol. The number of ether oxygens (including phenoxy) is 2. The van der Waals surface area contributed by atoms with Crippen LogP contribution in [0.15, 0.2) is 47.4 Å². The number of amides is 1. The molecule has 1 aromatic heterocycles. The van der Waals surface area contributed by atoms with E-state index in [4.69, 9.17) is 9.47 Å². The predicted octanol–water partition coefficient (Wildman–Crippen LogP) is 3.18. The van der Waals surface area contributed by atoms with Gasteiger partial charge in [-0.1, -0.05) is 17.7 Å². The van der Waals surface area contributed by atoms with Gasteiger partial charge in [-0.2, -0.15) is 4.31 Å². The molecule has 2 aromatic carbocycles. The normalized spacial score (nSPS) is 15.5. The van der Waals surface area contributed by atoms with E-state index < -0.39 is 10.0 Å². The summed E-state index contributed by atoms with van der Waals surface area (Å²) in [7, 11) is -3.59. The van der Waals surface area contributed by atoms with Gasteiger partial charge in [0, 0.05) is 23.4 Å². The Kier molecular flexibility index (Phi) is 4.92. The van der Waals surface area contributed by atoms with Gasteiger partial charge in [-0.3, -0.25) is 10.1 Å². The van der Waals surface area contributed by atoms with E-state index in [2.05, 4.69) is 10.3 Å². The topological polar surface area (TPSA) is 97.8 Å². The van der Waals surface area contributed by atoms with Gasteiger partial charge in [0.25, 0.3) is 5.91 Å². The quantitative estimate of drug-likeness (QED) is 0.646. The van der Waals surface area contributed by atoms with Crippen molar-refractivity contribution in [2.75, 3.05) is 18.7 Å². The number of aryl methyl sites for hydroxylation is 1. The van der Waals surface area contributed by atoms with E-state index in [0.717, 1.165) is 16.1 Å². The summed E-state index contributed by atoms with van der Waals surface area (Å²) in [5.41, 5.74) is 2.26. The van der Waals surface area contributed by atoms with Crippen LogP contribution in [0.3, 0.4) is 0 Å². The highest BCUT2D eigenvalue weighted by Gasteiger charge is 2.30. The van der Waals surface area contributed by atoms with E-state index in [1.807, 2.05) is 6.92 Å². The first kappa shape index (κ1) is 20.0. The Balaban J connectivity index is 1.32. The molecule has 3 heterocycles. The number of anilines is 1. The molecule has 31 heavy (non-hydrogen) atoms. The number of nitrogens with one attached hydrogen (secondary N) is 1. The smallest absolute Gasteiger partial charge is 0.257 e. The zero-order chi connectivity index (χ0) is 21.6. The number of fused-ring (bicyclic) bond motifs is 2. The lowest BCUT2D eigenvalue weighted by Crippen LogP contribution is -2.35. The third-order valence-electron chi connectivity index (χ3n) is 5.21. The van der Waals surface area contributed by atoms with E-state index in [1.165, 1.54) is 15.6 Å². The van der Waals surface area contributed by atoms with Crippen molar-refractivity contribution in [1.29, 1.82) is 0 Å². The molecule has 0 fully saturated rings. The van der Waals surface area contributed by atoms with Crippen molar-refractivity contribution in [3.05, 3.63) is 64.2 Å². The van der Waals surface area contributed by atoms with E-state index >= 15 is 0 Å². The van der Waals surface area contributed by atoms with Gasteiger partial charge in [0.05, 0.1) is 17.1 Å². The number of carbonyl (C=O) groups is 1. The molecule has 0 spiro atoms. The summed E-state index contributed by atoms with van der Waals surface area (Å²) in [6.45, 7) is 2.65. The second-order valence-corrected chi connectivity index (χ2v) is 10.3. The number of hydrogen-bond donors (Lipinski definition) is 1. The van der Waals surface area contributed by atoms with Gasteiger partial charge in [-0.05, 0) is 37.3 Å². The summed E-state index contributed by atoms with van der Waals surface area (Å²) in [5.74, 6) is 0.827. The number of sulfonamides is 1. The molecule has 3 aromatic rings. The van der Waals surface area contributed by atoms with Crippen molar-refractivity contribution in [1.82, 2.24) is 9.29 Å². The molecule has 0 atom stereocenters. The minimum Gasteiger partial charge on any atom is -0.454 e. The Morgan fingerprint density at radius 1 is 1.13 bits per heavy atom. The summed E-state index contributed by atoms with van der Waals surface area (Å²) in [6.07, 6.45) is 0.497. The summed E-state index contributed by atoms with van der Waals surface area (Å²) in [6, 6.07) is 11.8. The van der Waals surface area contributed by atoms with Crippen molar-refractivity contribution in [2.24, 2.45) is 0 Å². The van der Waals surface area contributed by atoms with Crippen molar-refractivity contribution in [3.8, 4) is 11.5 Å². The Morgan fingerprint density at radius 2 is 1.90 bits per heavy atom. The zero-order valence-corrected chi connectivity index (χ0v) is 18.3. The van der Waals surface area contributed by atoms with Crippen LogP contribution < -0.4 is 14.8 Å². The van der Waals surface area contributed by atoms with Crippen LogP contribution in [0.2, 0.25) is 0 Å². The lowest BCUT2D eigenvalue weighted by atomic mass is 10.2. The molecule has 1 N–H and O–H groups in total. The summed E-state index contributed by atoms with van der Waals surface area (Å²) >= 11 is 1.30. The second kappa shape index (κ2) is 7.63. The van der Waals surface area contributed by atoms with Crippen LogP contribution in [-0.2, 0) is 23.0 Å². The van der Waals surface area contributed by atoms with Gasteiger partial charge in [0.2, 0.25) is 16.8 Å². The maximum atomic E-state index is 13.0. The van der Waals surface area contributed by atoms with Crippen LogP contribution in [-0.4, -0.2) is 37.0 Å². The largest absolute Gasteiger partial charge is 0.454 e. The third kappa shape index (κ3) is 3.78. The van der Waals surface area contributed by atoms with Gasteiger partial charge in [0.1, 0.15) is 0 Å². The van der Waals surface area contributed by atoms with Crippen molar-refractivity contribution >= 4 is 32.4 Å². The lowest BCUT2D eigenvalue weighted by Gasteiger charge is -2.25. The van der Waals surface area contributed by atoms with Crippen molar-refractivity contribution in [2.45, 2.75) is 24.8 Å². The standard InChI is InChI=1S/C21H19N3O5S2/c1-13-2-5-15(6-3-13)31(26,27)24-9-8-16-19(11-24)30-21(22-16)23-20(25)14-4-7-17-18(10-14)29-12-28-17/h2-7,10H,8-9,11-12H2,1H3,(H,22,23,25). The van der Waals surface area contributed by atoms with Gasteiger partial charge >= 0.3 is 0 Å². The van der Waals surface area contributed by atoms with Crippen LogP contribution in [0, 0.1) is 6.92 Å². The highest BCUT2D eigenvalue weighted by molar-refractivity contribution is 7.89. The van der Waals surface area contributed by atoms with Crippen LogP contribution >= 0.6 is 11.3 Å². The van der Waals surface area contributed by atoms with E-state index in [1.54, 1.807) is 42.5 Å². The fourth-order valence-electron chi connectivity index (χ4n) is 3.50. The van der Waals surface area contributed by atoms with Gasteiger partial charge in [-0.25, -0.2) is 13.4 Å². The molecule has 2 aliphatic rings. The van der Waals surface area contributed by atoms with E-state index in [-0.39, 0.29) is 24.1 Å². The average Bonchev–Trinajstić information content (AvgIpc) is 3.39. The van der Waals surface area contributed by atoms with Crippen LogP contribution in [0.4, 0.5) is 5.13 Å². The molecule has 160 valence electrons. The second-order valence-electron chi connectivity index (χ2n) is 7.31. The molecule has 5 rings (SSSR count). The number of rotatable bonds is 4. The number of carbonyl (C=O) groups excluding carboxylic acids is 1. The van der Waals surface area contributed by atoms with Gasteiger partial charge < -0.3 is 9.47 Å². The first-order valence-electron chi connectivity index (χ1n) is 9.66. The number of aromatic nitrogens is 1. The molecular weight excluding hydrogens is 438 g/mol. The molecule has 0 bridgehead atoms. The van der Waals surface area contributed by atoms with Crippen LogP contribution in [0.25, 0.3) is 0 Å². The van der Waals surface area contributed by atoms with Crippen LogP contribution in [0.1, 0.15) is 26.5 Å². The molecule has 0 radical (unpaired) electrons. The highest BCUT2D eigenvalue weighted by Crippen LogP contribution is 2.34. The Morgan fingerprint density at radius 3 is 2.71 bits per heavy atom. The zero-order valence-electron chi connectivity index (χ0n) is 16.6. The summed E-state index contributed by atoms with van der Waals surface area (Å²) in [4.78, 5) is 18.2. The molecule has 10 heteroatoms. The maximum absolute atomic E-state index is 13.0. The number of thiazole rings is 1. The molecule has 0 saturated carbocycles. The Labute approximate surface area is 183 Å². The minimum atomic E-state index is -3.59. The third-order valence-corrected chi connectivity index (χ3v) is 8.07. The van der Waals surface area contributed by atoms with Gasteiger partial charge in [0.15, 0.2) is 16.6 Å². The number of hydrogen-bond acceptors (Lipinski definition) is 7. The fourth-order valence-corrected chi connectivity index (χ4v) is 6.01. The van der Waals surface area contributed by atoms with Crippen LogP contribution in [0.5, 0.6) is 11.5 Å². The SMILES string of the molecule is Cc1ccc(S(=O)(=O)N2CCc3nc(NC(=O)c4ccc5c(c4)OCO5)sc3C2)cc1. The number of benzene rings is 2. The van der Waals surface area contributed by atoms with Crippen molar-refractivity contribution in [3.63, 3.8) is 0 Å². The Bertz CT molecular complexity index is 1270. The molecule has 1 amide bonds. The minimum absolute atomic E-state index is 0.140. The van der Waals surface area contributed by atoms with Gasteiger partial charge in [-0.15, -0.1) is 11.3 Å².